The Morgan fingerprint density at radius 2 is 0.750 bits per heavy atom. The molecule has 0 aromatic carbocycles. The Morgan fingerprint density at radius 3 is 1.04 bits per heavy atom. The van der Waals surface area contributed by atoms with Gasteiger partial charge in [-0.15, -0.1) is 0 Å². The second-order valence-electron chi connectivity index (χ2n) is 23.5. The first-order valence-corrected chi connectivity index (χ1v) is 33.5. The average molecular weight is 1040 g/mol. The van der Waals surface area contributed by atoms with Crippen molar-refractivity contribution >= 4 is 13.7 Å². The lowest BCUT2D eigenvalue weighted by atomic mass is 10.0. The van der Waals surface area contributed by atoms with Crippen molar-refractivity contribution in [2.45, 2.75) is 347 Å². The summed E-state index contributed by atoms with van der Waals surface area (Å²) < 4.78 is 23.4. The van der Waals surface area contributed by atoms with E-state index in [1.165, 1.54) is 276 Å². The highest BCUT2D eigenvalue weighted by Crippen LogP contribution is 2.38. The van der Waals surface area contributed by atoms with E-state index in [1.54, 1.807) is 6.08 Å². The second-order valence-corrected chi connectivity index (χ2v) is 24.9. The van der Waals surface area contributed by atoms with Gasteiger partial charge in [0.1, 0.15) is 13.2 Å². The molecule has 0 rings (SSSR count). The van der Waals surface area contributed by atoms with Crippen LogP contribution in [0.5, 0.6) is 0 Å². The molecule has 0 aliphatic heterocycles. The van der Waals surface area contributed by atoms with Crippen molar-refractivity contribution in [1.29, 1.82) is 0 Å². The Hall–Kier alpha value is -0.760. The van der Waals surface area contributed by atoms with Crippen LogP contribution >= 0.6 is 7.82 Å². The van der Waals surface area contributed by atoms with Gasteiger partial charge in [0.15, 0.2) is 0 Å². The molecule has 9 heteroatoms. The number of aliphatic hydroxyl groups excluding tert-OH is 1. The van der Waals surface area contributed by atoms with Gasteiger partial charge in [-0.2, -0.15) is 0 Å². The van der Waals surface area contributed by atoms with E-state index in [4.69, 9.17) is 9.05 Å². The van der Waals surface area contributed by atoms with Gasteiger partial charge in [0, 0.05) is 6.42 Å². The first-order chi connectivity index (χ1) is 35.0. The number of likely N-dealkylation sites (N-methyl/N-ethyl adjacent to an activating group) is 1. The number of carbonyl (C=O) groups excluding carboxylic acids is 1. The number of amides is 1. The zero-order chi connectivity index (χ0) is 52.7. The Bertz CT molecular complexity index is 1180. The van der Waals surface area contributed by atoms with Gasteiger partial charge >= 0.3 is 0 Å². The first-order valence-electron chi connectivity index (χ1n) is 32.1. The molecule has 2 N–H and O–H groups in total. The third kappa shape index (κ3) is 57.0. The number of hydrogen-bond acceptors (Lipinski definition) is 6. The van der Waals surface area contributed by atoms with Crippen molar-refractivity contribution in [1.82, 2.24) is 5.32 Å². The summed E-state index contributed by atoms with van der Waals surface area (Å²) in [5.74, 6) is -0.189. The number of nitrogens with one attached hydrogen (secondary N) is 1. The Balaban J connectivity index is 3.95. The maximum Gasteiger partial charge on any atom is 0.268 e. The number of carbonyl (C=O) groups is 1. The number of aliphatic hydroxyl groups is 1. The molecule has 0 fully saturated rings. The molecule has 0 saturated carbocycles. The molecule has 3 unspecified atom stereocenters. The maximum atomic E-state index is 13.0. The maximum absolute atomic E-state index is 13.0. The summed E-state index contributed by atoms with van der Waals surface area (Å²) in [7, 11) is 1.28. The molecule has 72 heavy (non-hydrogen) atoms. The largest absolute Gasteiger partial charge is 0.756 e. The zero-order valence-electron chi connectivity index (χ0n) is 49.2. The lowest BCUT2D eigenvalue weighted by Gasteiger charge is -2.29. The quantitative estimate of drug-likeness (QED) is 0.0272. The summed E-state index contributed by atoms with van der Waals surface area (Å²) in [6.45, 7) is 4.70. The monoisotopic (exact) mass is 1040 g/mol. The van der Waals surface area contributed by atoms with Crippen LogP contribution in [0.1, 0.15) is 335 Å². The minimum absolute atomic E-state index is 0.00267. The van der Waals surface area contributed by atoms with E-state index in [2.05, 4.69) is 19.2 Å². The smallest absolute Gasteiger partial charge is 0.268 e. The van der Waals surface area contributed by atoms with Crippen LogP contribution in [0.15, 0.2) is 12.2 Å². The van der Waals surface area contributed by atoms with Crippen LogP contribution in [0, 0.1) is 0 Å². The van der Waals surface area contributed by atoms with Gasteiger partial charge < -0.3 is 28.8 Å². The minimum Gasteiger partial charge on any atom is -0.756 e. The van der Waals surface area contributed by atoms with E-state index < -0.39 is 20.0 Å². The fourth-order valence-electron chi connectivity index (χ4n) is 9.98. The van der Waals surface area contributed by atoms with Crippen LogP contribution in [0.3, 0.4) is 0 Å². The summed E-state index contributed by atoms with van der Waals surface area (Å²) in [6.07, 6.45) is 68.9. The van der Waals surface area contributed by atoms with Crippen molar-refractivity contribution in [3.05, 3.63) is 12.2 Å². The van der Waals surface area contributed by atoms with Crippen LogP contribution in [-0.2, 0) is 18.4 Å². The van der Waals surface area contributed by atoms with Gasteiger partial charge in [-0.1, -0.05) is 321 Å². The lowest BCUT2D eigenvalue weighted by Crippen LogP contribution is -2.45. The average Bonchev–Trinajstić information content (AvgIpc) is 3.34. The molecule has 3 atom stereocenters. The number of hydrogen-bond donors (Lipinski definition) is 2. The SMILES string of the molecule is CCCCCCCCCCCCCCCC/C=C/C(O)C(COP(=O)([O-])OCC[N+](C)(C)C)NC(=O)CCCCCCCCCCCCCCCCCCCCCCCCCCCCCCCCCCCC. The van der Waals surface area contributed by atoms with Crippen LogP contribution in [-0.4, -0.2) is 68.5 Å². The van der Waals surface area contributed by atoms with E-state index in [0.29, 0.717) is 17.4 Å². The highest BCUT2D eigenvalue weighted by molar-refractivity contribution is 7.45. The van der Waals surface area contributed by atoms with Crippen molar-refractivity contribution in [3.8, 4) is 0 Å². The summed E-state index contributed by atoms with van der Waals surface area (Å²) >= 11 is 0. The third-order valence-electron chi connectivity index (χ3n) is 15.0. The van der Waals surface area contributed by atoms with Crippen molar-refractivity contribution < 1.29 is 32.9 Å². The summed E-state index contributed by atoms with van der Waals surface area (Å²) in [4.78, 5) is 25.5. The number of unbranched alkanes of at least 4 members (excludes halogenated alkanes) is 47. The van der Waals surface area contributed by atoms with Gasteiger partial charge in [0.25, 0.3) is 7.82 Å². The summed E-state index contributed by atoms with van der Waals surface area (Å²) in [5.41, 5.74) is 0. The van der Waals surface area contributed by atoms with E-state index in [9.17, 15) is 19.4 Å². The number of nitrogens with zero attached hydrogens (tertiary/aromatic N) is 1. The fourth-order valence-corrected chi connectivity index (χ4v) is 10.7. The molecule has 0 aliphatic rings. The molecule has 0 radical (unpaired) electrons. The lowest BCUT2D eigenvalue weighted by molar-refractivity contribution is -0.870. The first kappa shape index (κ1) is 71.2. The molecule has 0 aromatic heterocycles. The molecule has 430 valence electrons. The topological polar surface area (TPSA) is 108 Å². The normalized spacial score (nSPS) is 13.8. The molecular formula is C63H127N2O6P. The number of rotatable bonds is 60. The Kier molecular flexibility index (Phi) is 54.4. The molecule has 0 aromatic rings. The van der Waals surface area contributed by atoms with Gasteiger partial charge in [0.2, 0.25) is 5.91 Å². The Morgan fingerprint density at radius 1 is 0.472 bits per heavy atom. The molecule has 0 saturated heterocycles. The van der Waals surface area contributed by atoms with Crippen molar-refractivity contribution in [2.24, 2.45) is 0 Å². The molecule has 0 heterocycles. The van der Waals surface area contributed by atoms with Gasteiger partial charge in [-0.25, -0.2) is 0 Å². The molecule has 0 aliphatic carbocycles. The van der Waals surface area contributed by atoms with E-state index in [0.717, 1.165) is 38.5 Å². The fraction of sp³-hybridized carbons (Fsp3) is 0.952. The number of allylic oxidation sites excluding steroid dienone is 1. The molecule has 8 nitrogen and oxygen atoms in total. The summed E-state index contributed by atoms with van der Waals surface area (Å²) in [6, 6.07) is -0.882. The Labute approximate surface area is 450 Å². The van der Waals surface area contributed by atoms with Gasteiger partial charge in [0.05, 0.1) is 39.9 Å². The highest BCUT2D eigenvalue weighted by atomic mass is 31.2. The number of phosphoric acid groups is 1. The molecule has 1 amide bonds. The van der Waals surface area contributed by atoms with Gasteiger partial charge in [-0.05, 0) is 19.3 Å². The summed E-state index contributed by atoms with van der Waals surface area (Å²) in [5, 5.41) is 13.9. The van der Waals surface area contributed by atoms with Crippen molar-refractivity contribution in [3.63, 3.8) is 0 Å². The predicted molar refractivity (Wildman–Crippen MR) is 312 cm³/mol. The van der Waals surface area contributed by atoms with Crippen molar-refractivity contribution in [2.75, 3.05) is 40.9 Å². The third-order valence-corrected chi connectivity index (χ3v) is 16.0. The molecule has 0 spiro atoms. The van der Waals surface area contributed by atoms with Crippen LogP contribution in [0.4, 0.5) is 0 Å². The predicted octanol–water partition coefficient (Wildman–Crippen LogP) is 19.1. The molecular weight excluding hydrogens is 912 g/mol. The second kappa shape index (κ2) is 55.0. The molecule has 0 bridgehead atoms. The minimum atomic E-state index is -4.59. The zero-order valence-corrected chi connectivity index (χ0v) is 50.1. The van der Waals surface area contributed by atoms with Crippen LogP contribution < -0.4 is 10.2 Å². The van der Waals surface area contributed by atoms with Gasteiger partial charge in [-0.3, -0.25) is 9.36 Å². The number of phosphoric ester groups is 1. The standard InChI is InChI=1S/C63H127N2O6P/c1-6-8-10-12-14-16-18-20-22-24-25-26-27-28-29-30-31-32-33-34-35-36-37-38-39-40-41-43-45-47-49-51-53-55-57-63(67)64-61(60-71-72(68,69)70-59-58-65(3,4)5)62(66)56-54-52-50-48-46-44-42-23-21-19-17-15-13-11-9-7-2/h54,56,61-62,66H,6-53,55,57-60H2,1-5H3,(H-,64,67,68,69)/b56-54+. The highest BCUT2D eigenvalue weighted by Gasteiger charge is 2.23. The number of quaternary nitrogens is 1. The van der Waals surface area contributed by atoms with E-state index in [-0.39, 0.29) is 19.1 Å². The van der Waals surface area contributed by atoms with E-state index in [1.807, 2.05) is 27.2 Å². The van der Waals surface area contributed by atoms with Crippen LogP contribution in [0.25, 0.3) is 0 Å². The van der Waals surface area contributed by atoms with E-state index >= 15 is 0 Å². The van der Waals surface area contributed by atoms with Crippen LogP contribution in [0.2, 0.25) is 0 Å².